The van der Waals surface area contributed by atoms with E-state index in [2.05, 4.69) is 10.6 Å². The van der Waals surface area contributed by atoms with Crippen LogP contribution >= 0.6 is 0 Å². The Morgan fingerprint density at radius 1 is 1.00 bits per heavy atom. The lowest BCUT2D eigenvalue weighted by Crippen LogP contribution is -2.47. The van der Waals surface area contributed by atoms with Crippen LogP contribution in [-0.4, -0.2) is 36.5 Å². The summed E-state index contributed by atoms with van der Waals surface area (Å²) in [5, 5.41) is 5.65. The van der Waals surface area contributed by atoms with E-state index in [4.69, 9.17) is 0 Å². The molecule has 0 aromatic heterocycles. The number of hydrogen-bond donors (Lipinski definition) is 2. The van der Waals surface area contributed by atoms with Gasteiger partial charge in [0.25, 0.3) is 0 Å². The van der Waals surface area contributed by atoms with Crippen LogP contribution in [0.15, 0.2) is 48.5 Å². The van der Waals surface area contributed by atoms with Gasteiger partial charge in [0.15, 0.2) is 0 Å². The fourth-order valence-corrected chi connectivity index (χ4v) is 3.81. The molecule has 0 saturated carbocycles. The minimum atomic E-state index is -4.41. The van der Waals surface area contributed by atoms with E-state index in [0.717, 1.165) is 17.2 Å². The Bertz CT molecular complexity index is 921. The number of nitrogens with zero attached hydrogens (tertiary/aromatic N) is 1. The van der Waals surface area contributed by atoms with Crippen molar-refractivity contribution in [1.29, 1.82) is 0 Å². The molecule has 3 rings (SSSR count). The lowest BCUT2D eigenvalue weighted by atomic mass is 9.96. The summed E-state index contributed by atoms with van der Waals surface area (Å²) in [6, 6.07) is 13.0. The maximum absolute atomic E-state index is 13.1. The van der Waals surface area contributed by atoms with Gasteiger partial charge in [0, 0.05) is 32.1 Å². The molecule has 0 unspecified atom stereocenters. The molecule has 5 nitrogen and oxygen atoms in total. The summed E-state index contributed by atoms with van der Waals surface area (Å²) in [4.78, 5) is 26.4. The third-order valence-corrected chi connectivity index (χ3v) is 5.73. The summed E-state index contributed by atoms with van der Waals surface area (Å²) >= 11 is 0. The molecule has 0 radical (unpaired) electrons. The third-order valence-electron chi connectivity index (χ3n) is 5.73. The molecule has 2 aromatic carbocycles. The molecule has 0 aliphatic carbocycles. The standard InChI is InChI=1S/C24H28F3N3O2/c1-17-6-8-18(9-7-17)16-29-22(31)20-11-14-30(15-12-20)23(32)28-13-10-19-4-2-3-5-21(19)24(25,26)27/h2-9,20H,10-16H2,1H3,(H,28,32)(H,29,31). The van der Waals surface area contributed by atoms with E-state index in [1.807, 2.05) is 31.2 Å². The van der Waals surface area contributed by atoms with Gasteiger partial charge in [0.05, 0.1) is 5.56 Å². The molecule has 1 fully saturated rings. The monoisotopic (exact) mass is 447 g/mol. The zero-order valence-corrected chi connectivity index (χ0v) is 18.0. The van der Waals surface area contributed by atoms with Gasteiger partial charge < -0.3 is 15.5 Å². The molecule has 0 bridgehead atoms. The van der Waals surface area contributed by atoms with Gasteiger partial charge in [-0.15, -0.1) is 0 Å². The van der Waals surface area contributed by atoms with Crippen LogP contribution < -0.4 is 10.6 Å². The number of aryl methyl sites for hydroxylation is 1. The van der Waals surface area contributed by atoms with Gasteiger partial charge >= 0.3 is 12.2 Å². The smallest absolute Gasteiger partial charge is 0.352 e. The Morgan fingerprint density at radius 3 is 2.31 bits per heavy atom. The number of hydrogen-bond acceptors (Lipinski definition) is 2. The Kier molecular flexibility index (Phi) is 7.77. The lowest BCUT2D eigenvalue weighted by Gasteiger charge is -2.31. The number of benzene rings is 2. The summed E-state index contributed by atoms with van der Waals surface area (Å²) in [5.74, 6) is -0.169. The van der Waals surface area contributed by atoms with Crippen molar-refractivity contribution in [3.8, 4) is 0 Å². The maximum Gasteiger partial charge on any atom is 0.416 e. The highest BCUT2D eigenvalue weighted by molar-refractivity contribution is 5.79. The van der Waals surface area contributed by atoms with Crippen molar-refractivity contribution in [3.63, 3.8) is 0 Å². The molecule has 0 spiro atoms. The Balaban J connectivity index is 1.40. The van der Waals surface area contributed by atoms with Gasteiger partial charge in [-0.2, -0.15) is 13.2 Å². The number of nitrogens with one attached hydrogen (secondary N) is 2. The van der Waals surface area contributed by atoms with Crippen molar-refractivity contribution in [2.45, 2.75) is 38.9 Å². The second-order valence-electron chi connectivity index (χ2n) is 8.10. The quantitative estimate of drug-likeness (QED) is 0.694. The number of carbonyl (C=O) groups excluding carboxylic acids is 2. The number of piperidine rings is 1. The molecule has 1 aliphatic rings. The first-order valence-electron chi connectivity index (χ1n) is 10.7. The molecule has 2 N–H and O–H groups in total. The number of rotatable bonds is 6. The van der Waals surface area contributed by atoms with E-state index in [-0.39, 0.29) is 36.4 Å². The van der Waals surface area contributed by atoms with Crippen LogP contribution in [0.5, 0.6) is 0 Å². The number of likely N-dealkylation sites (tertiary alicyclic amines) is 1. The molecular formula is C24H28F3N3O2. The predicted molar refractivity (Wildman–Crippen MR) is 116 cm³/mol. The third kappa shape index (κ3) is 6.48. The van der Waals surface area contributed by atoms with Crippen LogP contribution in [-0.2, 0) is 23.9 Å². The van der Waals surface area contributed by atoms with Crippen molar-refractivity contribution in [2.24, 2.45) is 5.92 Å². The highest BCUT2D eigenvalue weighted by atomic mass is 19.4. The first-order valence-corrected chi connectivity index (χ1v) is 10.7. The summed E-state index contributed by atoms with van der Waals surface area (Å²) in [5.41, 5.74) is 1.68. The van der Waals surface area contributed by atoms with E-state index in [9.17, 15) is 22.8 Å². The topological polar surface area (TPSA) is 61.4 Å². The normalized spacial score (nSPS) is 14.8. The summed E-state index contributed by atoms with van der Waals surface area (Å²) in [7, 11) is 0. The average molecular weight is 448 g/mol. The highest BCUT2D eigenvalue weighted by Crippen LogP contribution is 2.31. The fourth-order valence-electron chi connectivity index (χ4n) is 3.81. The fraction of sp³-hybridized carbons (Fsp3) is 0.417. The van der Waals surface area contributed by atoms with Crippen LogP contribution in [0.4, 0.5) is 18.0 Å². The van der Waals surface area contributed by atoms with Gasteiger partial charge in [0.2, 0.25) is 5.91 Å². The molecule has 1 aliphatic heterocycles. The second kappa shape index (κ2) is 10.5. The SMILES string of the molecule is Cc1ccc(CNC(=O)C2CCN(C(=O)NCCc3ccccc3C(F)(F)F)CC2)cc1. The summed E-state index contributed by atoms with van der Waals surface area (Å²) < 4.78 is 39.2. The molecule has 1 heterocycles. The van der Waals surface area contributed by atoms with Crippen LogP contribution in [0.25, 0.3) is 0 Å². The second-order valence-corrected chi connectivity index (χ2v) is 8.10. The number of carbonyl (C=O) groups is 2. The molecule has 172 valence electrons. The molecule has 0 atom stereocenters. The van der Waals surface area contributed by atoms with E-state index in [0.29, 0.717) is 32.5 Å². The van der Waals surface area contributed by atoms with Crippen molar-refractivity contribution in [3.05, 3.63) is 70.8 Å². The van der Waals surface area contributed by atoms with Crippen molar-refractivity contribution in [2.75, 3.05) is 19.6 Å². The molecule has 1 saturated heterocycles. The van der Waals surface area contributed by atoms with Crippen LogP contribution in [0, 0.1) is 12.8 Å². The van der Waals surface area contributed by atoms with E-state index in [1.54, 1.807) is 11.0 Å². The lowest BCUT2D eigenvalue weighted by molar-refractivity contribution is -0.138. The largest absolute Gasteiger partial charge is 0.416 e. The number of halogens is 3. The molecule has 8 heteroatoms. The Morgan fingerprint density at radius 2 is 1.66 bits per heavy atom. The number of alkyl halides is 3. The average Bonchev–Trinajstić information content (AvgIpc) is 2.78. The molecule has 2 aromatic rings. The van der Waals surface area contributed by atoms with Crippen LogP contribution in [0.2, 0.25) is 0 Å². The summed E-state index contributed by atoms with van der Waals surface area (Å²) in [6.45, 7) is 3.47. The van der Waals surface area contributed by atoms with Gasteiger partial charge in [0.1, 0.15) is 0 Å². The van der Waals surface area contributed by atoms with Crippen LogP contribution in [0.1, 0.15) is 35.1 Å². The highest BCUT2D eigenvalue weighted by Gasteiger charge is 2.32. The van der Waals surface area contributed by atoms with E-state index >= 15 is 0 Å². The predicted octanol–water partition coefficient (Wildman–Crippen LogP) is 4.29. The number of urea groups is 1. The molecular weight excluding hydrogens is 419 g/mol. The maximum atomic E-state index is 13.1. The van der Waals surface area contributed by atoms with Gasteiger partial charge in [-0.05, 0) is 43.4 Å². The van der Waals surface area contributed by atoms with E-state index in [1.165, 1.54) is 12.1 Å². The zero-order valence-electron chi connectivity index (χ0n) is 18.0. The first kappa shape index (κ1) is 23.6. The Hall–Kier alpha value is -3.03. The van der Waals surface area contributed by atoms with Crippen molar-refractivity contribution >= 4 is 11.9 Å². The van der Waals surface area contributed by atoms with Crippen LogP contribution in [0.3, 0.4) is 0 Å². The van der Waals surface area contributed by atoms with Crippen molar-refractivity contribution in [1.82, 2.24) is 15.5 Å². The minimum Gasteiger partial charge on any atom is -0.352 e. The Labute approximate surface area is 186 Å². The molecule has 32 heavy (non-hydrogen) atoms. The zero-order chi connectivity index (χ0) is 23.1. The van der Waals surface area contributed by atoms with Gasteiger partial charge in [-0.1, -0.05) is 48.0 Å². The molecule has 3 amide bonds. The first-order chi connectivity index (χ1) is 15.2. The number of amides is 3. The van der Waals surface area contributed by atoms with E-state index < -0.39 is 11.7 Å². The minimum absolute atomic E-state index is 0.0191. The van der Waals surface area contributed by atoms with Crippen molar-refractivity contribution < 1.29 is 22.8 Å². The van der Waals surface area contributed by atoms with Gasteiger partial charge in [-0.3, -0.25) is 4.79 Å². The summed E-state index contributed by atoms with van der Waals surface area (Å²) in [6.07, 6.45) is -3.20. The van der Waals surface area contributed by atoms with Gasteiger partial charge in [-0.25, -0.2) is 4.79 Å².